The highest BCUT2D eigenvalue weighted by Crippen LogP contribution is 2.00. The van der Waals surface area contributed by atoms with Crippen molar-refractivity contribution < 1.29 is 3.07 Å². The molecule has 0 aliphatic heterocycles. The van der Waals surface area contributed by atoms with Gasteiger partial charge in [-0.3, -0.25) is 0 Å². The minimum Gasteiger partial charge on any atom is -0.315 e. The van der Waals surface area contributed by atoms with Crippen LogP contribution < -0.4 is 0 Å². The van der Waals surface area contributed by atoms with E-state index in [9.17, 15) is 0 Å². The zero-order chi connectivity index (χ0) is 7.23. The van der Waals surface area contributed by atoms with Gasteiger partial charge >= 0.3 is 0 Å². The van der Waals surface area contributed by atoms with Gasteiger partial charge in [-0.15, -0.1) is 0 Å². The van der Waals surface area contributed by atoms with Crippen LogP contribution in [0.2, 0.25) is 0 Å². The molecule has 0 spiro atoms. The highest BCUT2D eigenvalue weighted by Gasteiger charge is 1.88. The Morgan fingerprint density at radius 1 is 1.20 bits per heavy atom. The summed E-state index contributed by atoms with van der Waals surface area (Å²) in [6.07, 6.45) is 1.00. The Kier molecular flexibility index (Phi) is 3.75. The zero-order valence-electron chi connectivity index (χ0n) is 5.59. The SMILES string of the molecule is IOCCc1ccccc1. The predicted octanol–water partition coefficient (Wildman–Crippen LogP) is 2.60. The monoisotopic (exact) mass is 248 g/mol. The van der Waals surface area contributed by atoms with Crippen LogP contribution in [0.25, 0.3) is 0 Å². The zero-order valence-corrected chi connectivity index (χ0v) is 7.74. The van der Waals surface area contributed by atoms with Gasteiger partial charge in [-0.05, 0) is 12.0 Å². The van der Waals surface area contributed by atoms with Crippen molar-refractivity contribution in [2.24, 2.45) is 0 Å². The fraction of sp³-hybridized carbons (Fsp3) is 0.250. The molecule has 1 rings (SSSR count). The van der Waals surface area contributed by atoms with Gasteiger partial charge < -0.3 is 3.07 Å². The van der Waals surface area contributed by atoms with E-state index < -0.39 is 0 Å². The summed E-state index contributed by atoms with van der Waals surface area (Å²) in [6, 6.07) is 10.3. The molecule has 1 aromatic carbocycles. The highest BCUT2D eigenvalue weighted by molar-refractivity contribution is 14.1. The van der Waals surface area contributed by atoms with E-state index in [1.807, 2.05) is 41.2 Å². The predicted molar refractivity (Wildman–Crippen MR) is 50.1 cm³/mol. The van der Waals surface area contributed by atoms with Crippen LogP contribution in [0.1, 0.15) is 5.56 Å². The van der Waals surface area contributed by atoms with E-state index in [0.717, 1.165) is 13.0 Å². The summed E-state index contributed by atoms with van der Waals surface area (Å²) < 4.78 is 4.92. The van der Waals surface area contributed by atoms with Crippen molar-refractivity contribution in [3.05, 3.63) is 35.9 Å². The molecule has 2 heteroatoms. The number of hydrogen-bond acceptors (Lipinski definition) is 1. The van der Waals surface area contributed by atoms with Gasteiger partial charge in [0.25, 0.3) is 0 Å². The number of hydrogen-bond donors (Lipinski definition) is 0. The molecule has 1 aromatic rings. The third-order valence-corrected chi connectivity index (χ3v) is 1.75. The molecule has 0 bridgehead atoms. The quantitative estimate of drug-likeness (QED) is 0.747. The van der Waals surface area contributed by atoms with Crippen LogP contribution in [-0.4, -0.2) is 6.61 Å². The van der Waals surface area contributed by atoms with Crippen LogP contribution in [-0.2, 0) is 9.49 Å². The van der Waals surface area contributed by atoms with Crippen LogP contribution in [0.3, 0.4) is 0 Å². The first-order valence-corrected chi connectivity index (χ1v) is 4.09. The Hall–Kier alpha value is -0.0900. The van der Waals surface area contributed by atoms with Gasteiger partial charge in [0.05, 0.1) is 6.61 Å². The van der Waals surface area contributed by atoms with Gasteiger partial charge in [0, 0.05) is 0 Å². The second-order valence-electron chi connectivity index (χ2n) is 2.05. The first-order valence-electron chi connectivity index (χ1n) is 3.21. The van der Waals surface area contributed by atoms with E-state index >= 15 is 0 Å². The van der Waals surface area contributed by atoms with Crippen LogP contribution in [0.5, 0.6) is 0 Å². The van der Waals surface area contributed by atoms with Crippen molar-refractivity contribution in [3.63, 3.8) is 0 Å². The molecular weight excluding hydrogens is 239 g/mol. The van der Waals surface area contributed by atoms with Crippen molar-refractivity contribution in [1.82, 2.24) is 0 Å². The number of halogens is 1. The van der Waals surface area contributed by atoms with Crippen molar-refractivity contribution in [2.75, 3.05) is 6.61 Å². The first-order chi connectivity index (χ1) is 4.93. The lowest BCUT2D eigenvalue weighted by molar-refractivity contribution is 0.431. The smallest absolute Gasteiger partial charge is 0.109 e. The Morgan fingerprint density at radius 3 is 2.50 bits per heavy atom. The average molecular weight is 248 g/mol. The molecule has 0 aliphatic rings. The largest absolute Gasteiger partial charge is 0.315 e. The molecule has 10 heavy (non-hydrogen) atoms. The Morgan fingerprint density at radius 2 is 1.90 bits per heavy atom. The standard InChI is InChI=1S/C8H9IO/c9-10-7-6-8-4-2-1-3-5-8/h1-5H,6-7H2. The molecule has 0 heterocycles. The molecular formula is C8H9IO. The average Bonchev–Trinajstić information content (AvgIpc) is 2.03. The molecule has 0 amide bonds. The maximum atomic E-state index is 4.92. The molecule has 0 saturated carbocycles. The first kappa shape index (κ1) is 8.01. The Labute approximate surface area is 75.1 Å². The molecule has 0 unspecified atom stereocenters. The maximum Gasteiger partial charge on any atom is 0.109 e. The lowest BCUT2D eigenvalue weighted by Gasteiger charge is -1.96. The summed E-state index contributed by atoms with van der Waals surface area (Å²) in [5.41, 5.74) is 1.33. The summed E-state index contributed by atoms with van der Waals surface area (Å²) in [5.74, 6) is 0. The fourth-order valence-corrected chi connectivity index (χ4v) is 1.02. The lowest BCUT2D eigenvalue weighted by atomic mass is 10.2. The van der Waals surface area contributed by atoms with Crippen molar-refractivity contribution in [2.45, 2.75) is 6.42 Å². The number of benzene rings is 1. The van der Waals surface area contributed by atoms with Gasteiger partial charge in [0.2, 0.25) is 0 Å². The minimum atomic E-state index is 0.796. The Balaban J connectivity index is 2.43. The van der Waals surface area contributed by atoms with E-state index in [1.165, 1.54) is 5.56 Å². The van der Waals surface area contributed by atoms with E-state index in [-0.39, 0.29) is 0 Å². The topological polar surface area (TPSA) is 9.23 Å². The van der Waals surface area contributed by atoms with Crippen LogP contribution in [0, 0.1) is 0 Å². The van der Waals surface area contributed by atoms with Gasteiger partial charge in [-0.2, -0.15) is 0 Å². The van der Waals surface area contributed by atoms with E-state index in [2.05, 4.69) is 12.1 Å². The molecule has 0 fully saturated rings. The summed E-state index contributed by atoms with van der Waals surface area (Å²) in [5, 5.41) is 0. The fourth-order valence-electron chi connectivity index (χ4n) is 0.801. The second-order valence-corrected chi connectivity index (χ2v) is 2.67. The van der Waals surface area contributed by atoms with Gasteiger partial charge in [-0.25, -0.2) is 0 Å². The van der Waals surface area contributed by atoms with E-state index in [1.54, 1.807) is 0 Å². The van der Waals surface area contributed by atoms with E-state index in [4.69, 9.17) is 3.07 Å². The van der Waals surface area contributed by atoms with Gasteiger partial charge in [0.15, 0.2) is 0 Å². The molecule has 1 nitrogen and oxygen atoms in total. The molecule has 54 valence electrons. The van der Waals surface area contributed by atoms with Crippen LogP contribution in [0.15, 0.2) is 30.3 Å². The van der Waals surface area contributed by atoms with Crippen molar-refractivity contribution in [3.8, 4) is 0 Å². The molecule has 0 aromatic heterocycles. The lowest BCUT2D eigenvalue weighted by Crippen LogP contribution is -1.89. The molecule has 0 radical (unpaired) electrons. The van der Waals surface area contributed by atoms with E-state index in [0.29, 0.717) is 0 Å². The third kappa shape index (κ3) is 2.66. The molecule has 0 atom stereocenters. The molecule has 0 N–H and O–H groups in total. The summed E-state index contributed by atoms with van der Waals surface area (Å²) in [7, 11) is 0. The second kappa shape index (κ2) is 4.68. The van der Waals surface area contributed by atoms with Crippen molar-refractivity contribution >= 4 is 23.0 Å². The maximum absolute atomic E-state index is 4.92. The van der Waals surface area contributed by atoms with Crippen LogP contribution >= 0.6 is 23.0 Å². The Bertz CT molecular complexity index is 174. The highest BCUT2D eigenvalue weighted by atomic mass is 127. The molecule has 0 saturated heterocycles. The van der Waals surface area contributed by atoms with Crippen molar-refractivity contribution in [1.29, 1.82) is 0 Å². The van der Waals surface area contributed by atoms with Crippen LogP contribution in [0.4, 0.5) is 0 Å². The summed E-state index contributed by atoms with van der Waals surface area (Å²) in [4.78, 5) is 0. The minimum absolute atomic E-state index is 0.796. The summed E-state index contributed by atoms with van der Waals surface area (Å²) in [6.45, 7) is 0.796. The normalized spacial score (nSPS) is 9.70. The van der Waals surface area contributed by atoms with Gasteiger partial charge in [0.1, 0.15) is 23.0 Å². The third-order valence-electron chi connectivity index (χ3n) is 1.31. The summed E-state index contributed by atoms with van der Waals surface area (Å²) >= 11 is 1.91. The number of rotatable bonds is 3. The van der Waals surface area contributed by atoms with Gasteiger partial charge in [-0.1, -0.05) is 30.3 Å². The molecule has 0 aliphatic carbocycles.